The molecule has 0 saturated heterocycles. The van der Waals surface area contributed by atoms with E-state index in [1.807, 2.05) is 24.3 Å². The molecule has 0 bridgehead atoms. The van der Waals surface area contributed by atoms with Crippen LogP contribution in [-0.2, 0) is 16.0 Å². The van der Waals surface area contributed by atoms with Gasteiger partial charge in [-0.1, -0.05) is 25.5 Å². The molecule has 0 unspecified atom stereocenters. The summed E-state index contributed by atoms with van der Waals surface area (Å²) < 4.78 is 0. The second-order valence-electron chi connectivity index (χ2n) is 4.44. The third-order valence-electron chi connectivity index (χ3n) is 2.72. The Morgan fingerprint density at radius 1 is 1.26 bits per heavy atom. The van der Waals surface area contributed by atoms with Gasteiger partial charge >= 0.3 is 5.97 Å². The zero-order chi connectivity index (χ0) is 14.3. The minimum atomic E-state index is -0.975. The van der Waals surface area contributed by atoms with Crippen molar-refractivity contribution in [1.29, 1.82) is 0 Å². The summed E-state index contributed by atoms with van der Waals surface area (Å²) in [5, 5.41) is 14.0. The number of carbonyl (C=O) groups excluding carboxylic acids is 1. The molecule has 0 aliphatic heterocycles. The van der Waals surface area contributed by atoms with Crippen LogP contribution in [0.15, 0.2) is 24.3 Å². The molecule has 5 heteroatoms. The minimum absolute atomic E-state index is 0.0236. The summed E-state index contributed by atoms with van der Waals surface area (Å²) >= 11 is 0. The van der Waals surface area contributed by atoms with Crippen LogP contribution in [-0.4, -0.2) is 29.6 Å². The largest absolute Gasteiger partial charge is 0.480 e. The van der Waals surface area contributed by atoms with Gasteiger partial charge in [0.2, 0.25) is 5.91 Å². The predicted octanol–water partition coefficient (Wildman–Crippen LogP) is 1.64. The Morgan fingerprint density at radius 3 is 2.42 bits per heavy atom. The number of amides is 1. The number of benzene rings is 1. The van der Waals surface area contributed by atoms with Crippen LogP contribution in [0.5, 0.6) is 0 Å². The minimum Gasteiger partial charge on any atom is -0.480 e. The number of nitrogens with one attached hydrogen (secondary N) is 2. The first-order chi connectivity index (χ1) is 9.02. The number of hydrogen-bond donors (Lipinski definition) is 3. The van der Waals surface area contributed by atoms with Crippen molar-refractivity contribution in [1.82, 2.24) is 5.32 Å². The van der Waals surface area contributed by atoms with Crippen molar-refractivity contribution in [3.63, 3.8) is 0 Å². The molecule has 3 N–H and O–H groups in total. The van der Waals surface area contributed by atoms with Crippen molar-refractivity contribution in [3.8, 4) is 0 Å². The molecule has 0 spiro atoms. The van der Waals surface area contributed by atoms with Gasteiger partial charge in [-0.15, -0.1) is 0 Å². The van der Waals surface area contributed by atoms with Crippen LogP contribution >= 0.6 is 0 Å². The molecule has 0 aliphatic carbocycles. The summed E-state index contributed by atoms with van der Waals surface area (Å²) in [6.45, 7) is 3.59. The fraction of sp³-hybridized carbons (Fsp3) is 0.429. The third-order valence-corrected chi connectivity index (χ3v) is 2.72. The molecule has 0 heterocycles. The fourth-order valence-electron chi connectivity index (χ4n) is 1.58. The highest BCUT2D eigenvalue weighted by Crippen LogP contribution is 2.10. The van der Waals surface area contributed by atoms with Gasteiger partial charge < -0.3 is 10.4 Å². The Hall–Kier alpha value is -1.88. The Labute approximate surface area is 113 Å². The average molecular weight is 264 g/mol. The Kier molecular flexibility index (Phi) is 6.02. The van der Waals surface area contributed by atoms with E-state index in [0.29, 0.717) is 0 Å². The molecule has 0 saturated carbocycles. The lowest BCUT2D eigenvalue weighted by Crippen LogP contribution is -2.39. The predicted molar refractivity (Wildman–Crippen MR) is 74.2 cm³/mol. The third kappa shape index (κ3) is 5.52. The van der Waals surface area contributed by atoms with E-state index in [0.717, 1.165) is 18.5 Å². The van der Waals surface area contributed by atoms with Crippen molar-refractivity contribution in [3.05, 3.63) is 29.8 Å². The topological polar surface area (TPSA) is 78.4 Å². The standard InChI is InChI=1S/C14H20N2O3/c1-3-4-11-5-7-12(8-6-11)16-13(17)9-15-10(2)14(18)19/h5-8,10,15H,3-4,9H2,1-2H3,(H,16,17)(H,18,19)/t10-/m1/s1. The average Bonchev–Trinajstić information content (AvgIpc) is 2.38. The van der Waals surface area contributed by atoms with Gasteiger partial charge in [0.25, 0.3) is 0 Å². The van der Waals surface area contributed by atoms with E-state index in [1.54, 1.807) is 0 Å². The highest BCUT2D eigenvalue weighted by Gasteiger charge is 2.11. The van der Waals surface area contributed by atoms with Crippen LogP contribution in [0.3, 0.4) is 0 Å². The van der Waals surface area contributed by atoms with Crippen molar-refractivity contribution >= 4 is 17.6 Å². The molecule has 1 aromatic rings. The Balaban J connectivity index is 2.41. The number of carboxylic acids is 1. The number of hydrogen-bond acceptors (Lipinski definition) is 3. The summed E-state index contributed by atoms with van der Waals surface area (Å²) in [7, 11) is 0. The highest BCUT2D eigenvalue weighted by molar-refractivity contribution is 5.92. The first kappa shape index (κ1) is 15.2. The Bertz CT molecular complexity index is 429. The van der Waals surface area contributed by atoms with Crippen molar-refractivity contribution in [2.24, 2.45) is 0 Å². The van der Waals surface area contributed by atoms with Gasteiger partial charge in [-0.25, -0.2) is 0 Å². The molecule has 0 fully saturated rings. The SMILES string of the molecule is CCCc1ccc(NC(=O)CN[C@H](C)C(=O)O)cc1. The monoisotopic (exact) mass is 264 g/mol. The molecular formula is C14H20N2O3. The smallest absolute Gasteiger partial charge is 0.320 e. The molecule has 1 amide bonds. The van der Waals surface area contributed by atoms with Gasteiger partial charge in [0, 0.05) is 5.69 Å². The van der Waals surface area contributed by atoms with E-state index in [2.05, 4.69) is 17.6 Å². The molecule has 1 rings (SSSR count). The zero-order valence-corrected chi connectivity index (χ0v) is 11.3. The molecule has 104 valence electrons. The van der Waals surface area contributed by atoms with E-state index in [4.69, 9.17) is 5.11 Å². The molecule has 5 nitrogen and oxygen atoms in total. The molecule has 1 aromatic carbocycles. The maximum atomic E-state index is 11.6. The van der Waals surface area contributed by atoms with Crippen LogP contribution in [0.25, 0.3) is 0 Å². The zero-order valence-electron chi connectivity index (χ0n) is 11.3. The van der Waals surface area contributed by atoms with Crippen LogP contribution in [0.1, 0.15) is 25.8 Å². The van der Waals surface area contributed by atoms with Crippen LogP contribution < -0.4 is 10.6 Å². The summed E-state index contributed by atoms with van der Waals surface area (Å²) in [6.07, 6.45) is 2.11. The van der Waals surface area contributed by atoms with Crippen LogP contribution in [0.4, 0.5) is 5.69 Å². The van der Waals surface area contributed by atoms with E-state index in [-0.39, 0.29) is 12.5 Å². The number of aryl methyl sites for hydroxylation is 1. The van der Waals surface area contributed by atoms with Crippen LogP contribution in [0, 0.1) is 0 Å². The summed E-state index contributed by atoms with van der Waals surface area (Å²) in [5.74, 6) is -1.23. The van der Waals surface area contributed by atoms with E-state index in [9.17, 15) is 9.59 Å². The first-order valence-electron chi connectivity index (χ1n) is 6.38. The van der Waals surface area contributed by atoms with Gasteiger partial charge in [0.05, 0.1) is 6.54 Å². The van der Waals surface area contributed by atoms with Gasteiger partial charge in [-0.05, 0) is 31.0 Å². The van der Waals surface area contributed by atoms with Crippen molar-refractivity contribution in [2.75, 3.05) is 11.9 Å². The first-order valence-corrected chi connectivity index (χ1v) is 6.38. The fourth-order valence-corrected chi connectivity index (χ4v) is 1.58. The molecule has 0 radical (unpaired) electrons. The number of carboxylic acid groups (broad SMARTS) is 1. The lowest BCUT2D eigenvalue weighted by molar-refractivity contribution is -0.139. The molecule has 0 aliphatic rings. The van der Waals surface area contributed by atoms with E-state index >= 15 is 0 Å². The van der Waals surface area contributed by atoms with Gasteiger partial charge in [0.1, 0.15) is 6.04 Å². The van der Waals surface area contributed by atoms with Gasteiger partial charge in [0.15, 0.2) is 0 Å². The lowest BCUT2D eigenvalue weighted by atomic mass is 10.1. The Morgan fingerprint density at radius 2 is 1.89 bits per heavy atom. The normalized spacial score (nSPS) is 11.9. The van der Waals surface area contributed by atoms with Gasteiger partial charge in [-0.3, -0.25) is 14.9 Å². The number of rotatable bonds is 7. The van der Waals surface area contributed by atoms with E-state index in [1.165, 1.54) is 12.5 Å². The molecule has 0 aromatic heterocycles. The summed E-state index contributed by atoms with van der Waals surface area (Å²) in [4.78, 5) is 22.2. The van der Waals surface area contributed by atoms with Crippen molar-refractivity contribution < 1.29 is 14.7 Å². The summed E-state index contributed by atoms with van der Waals surface area (Å²) in [6, 6.07) is 6.92. The van der Waals surface area contributed by atoms with Gasteiger partial charge in [-0.2, -0.15) is 0 Å². The van der Waals surface area contributed by atoms with E-state index < -0.39 is 12.0 Å². The second kappa shape index (κ2) is 7.53. The maximum absolute atomic E-state index is 11.6. The maximum Gasteiger partial charge on any atom is 0.320 e. The molecular weight excluding hydrogens is 244 g/mol. The van der Waals surface area contributed by atoms with Crippen LogP contribution in [0.2, 0.25) is 0 Å². The highest BCUT2D eigenvalue weighted by atomic mass is 16.4. The second-order valence-corrected chi connectivity index (χ2v) is 4.44. The molecule has 1 atom stereocenters. The number of aliphatic carboxylic acids is 1. The number of anilines is 1. The number of carbonyl (C=O) groups is 2. The summed E-state index contributed by atoms with van der Waals surface area (Å²) in [5.41, 5.74) is 1.95. The van der Waals surface area contributed by atoms with Crippen molar-refractivity contribution in [2.45, 2.75) is 32.7 Å². The lowest BCUT2D eigenvalue weighted by Gasteiger charge is -2.10. The molecule has 19 heavy (non-hydrogen) atoms. The quantitative estimate of drug-likeness (QED) is 0.699.